The summed E-state index contributed by atoms with van der Waals surface area (Å²) in [5.41, 5.74) is 3.64. The van der Waals surface area contributed by atoms with E-state index in [1.807, 2.05) is 0 Å². The first-order valence-corrected chi connectivity index (χ1v) is 9.69. The monoisotopic (exact) mass is 373 g/mol. The van der Waals surface area contributed by atoms with Gasteiger partial charge >= 0.3 is 0 Å². The molecular formula is C15H20ClN3O4S. The minimum atomic E-state index is -3.66. The molecule has 1 fully saturated rings. The minimum Gasteiger partial charge on any atom is -0.495 e. The SMILES string of the molecule is COc1ccc(N(CC(=O)NN=C2CCCC2)S(C)(=O)=O)cc1Cl. The van der Waals surface area contributed by atoms with Crippen molar-refractivity contribution >= 4 is 38.9 Å². The van der Waals surface area contributed by atoms with Crippen molar-refractivity contribution in [3.05, 3.63) is 23.2 Å². The Morgan fingerprint density at radius 2 is 2.04 bits per heavy atom. The number of amides is 1. The highest BCUT2D eigenvalue weighted by Crippen LogP contribution is 2.30. The topological polar surface area (TPSA) is 88.1 Å². The molecule has 1 aromatic rings. The summed E-state index contributed by atoms with van der Waals surface area (Å²) in [5.74, 6) is -0.0854. The molecule has 1 amide bonds. The van der Waals surface area contributed by atoms with Gasteiger partial charge in [0.2, 0.25) is 10.0 Å². The summed E-state index contributed by atoms with van der Waals surface area (Å²) < 4.78 is 30.1. The second-order valence-electron chi connectivity index (χ2n) is 5.51. The molecular weight excluding hydrogens is 354 g/mol. The molecule has 1 aromatic carbocycles. The van der Waals surface area contributed by atoms with Gasteiger partial charge in [-0.1, -0.05) is 11.6 Å². The average molecular weight is 374 g/mol. The Balaban J connectivity index is 2.15. The summed E-state index contributed by atoms with van der Waals surface area (Å²) in [6, 6.07) is 4.52. The summed E-state index contributed by atoms with van der Waals surface area (Å²) in [6.45, 7) is -0.377. The van der Waals surface area contributed by atoms with E-state index < -0.39 is 15.9 Å². The van der Waals surface area contributed by atoms with Gasteiger partial charge in [-0.2, -0.15) is 5.10 Å². The number of hydrogen-bond acceptors (Lipinski definition) is 5. The lowest BCUT2D eigenvalue weighted by molar-refractivity contribution is -0.119. The van der Waals surface area contributed by atoms with Crippen LogP contribution in [0.4, 0.5) is 5.69 Å². The van der Waals surface area contributed by atoms with Gasteiger partial charge in [-0.3, -0.25) is 9.10 Å². The number of methoxy groups -OCH3 is 1. The normalized spacial score (nSPS) is 14.4. The fraction of sp³-hybridized carbons (Fsp3) is 0.467. The van der Waals surface area contributed by atoms with Gasteiger partial charge in [-0.25, -0.2) is 13.8 Å². The Kier molecular flexibility index (Phi) is 6.06. The highest BCUT2D eigenvalue weighted by molar-refractivity contribution is 7.92. The number of hydrazone groups is 1. The summed E-state index contributed by atoms with van der Waals surface area (Å²) in [7, 11) is -2.20. The molecule has 0 saturated heterocycles. The average Bonchev–Trinajstić information content (AvgIpc) is 3.03. The zero-order valence-electron chi connectivity index (χ0n) is 13.6. The van der Waals surface area contributed by atoms with Gasteiger partial charge < -0.3 is 4.74 Å². The lowest BCUT2D eigenvalue weighted by Gasteiger charge is -2.22. The van der Waals surface area contributed by atoms with Gasteiger partial charge in [0.05, 0.1) is 24.1 Å². The Hall–Kier alpha value is -1.80. The first kappa shape index (κ1) is 18.5. The van der Waals surface area contributed by atoms with Crippen molar-refractivity contribution in [3.8, 4) is 5.75 Å². The fourth-order valence-electron chi connectivity index (χ4n) is 2.41. The van der Waals surface area contributed by atoms with Crippen LogP contribution in [0.5, 0.6) is 5.75 Å². The zero-order chi connectivity index (χ0) is 17.7. The molecule has 0 spiro atoms. The molecule has 132 valence electrons. The van der Waals surface area contributed by atoms with Gasteiger partial charge in [-0.05, 0) is 43.9 Å². The van der Waals surface area contributed by atoms with Gasteiger partial charge in [0.15, 0.2) is 0 Å². The summed E-state index contributed by atoms with van der Waals surface area (Å²) >= 11 is 6.04. The largest absolute Gasteiger partial charge is 0.495 e. The minimum absolute atomic E-state index is 0.259. The quantitative estimate of drug-likeness (QED) is 0.774. The fourth-order valence-corrected chi connectivity index (χ4v) is 3.51. The van der Waals surface area contributed by atoms with Crippen LogP contribution in [0.3, 0.4) is 0 Å². The van der Waals surface area contributed by atoms with E-state index in [1.54, 1.807) is 6.07 Å². The molecule has 0 unspecified atom stereocenters. The molecule has 0 aromatic heterocycles. The lowest BCUT2D eigenvalue weighted by Crippen LogP contribution is -2.39. The molecule has 0 heterocycles. The van der Waals surface area contributed by atoms with Crippen molar-refractivity contribution in [1.82, 2.24) is 5.43 Å². The maximum absolute atomic E-state index is 12.1. The number of carbonyl (C=O) groups is 1. The van der Waals surface area contributed by atoms with Crippen molar-refractivity contribution in [3.63, 3.8) is 0 Å². The molecule has 1 aliphatic rings. The smallest absolute Gasteiger partial charge is 0.260 e. The molecule has 1 aliphatic carbocycles. The third-order valence-corrected chi connectivity index (χ3v) is 5.07. The van der Waals surface area contributed by atoms with E-state index in [0.717, 1.165) is 42.0 Å². The first-order valence-electron chi connectivity index (χ1n) is 7.47. The van der Waals surface area contributed by atoms with Crippen LogP contribution >= 0.6 is 11.6 Å². The lowest BCUT2D eigenvalue weighted by atomic mass is 10.3. The Labute approximate surface area is 146 Å². The van der Waals surface area contributed by atoms with Gasteiger partial charge in [0.1, 0.15) is 12.3 Å². The Morgan fingerprint density at radius 3 is 2.58 bits per heavy atom. The van der Waals surface area contributed by atoms with E-state index in [9.17, 15) is 13.2 Å². The van der Waals surface area contributed by atoms with E-state index in [2.05, 4.69) is 10.5 Å². The maximum Gasteiger partial charge on any atom is 0.260 e. The molecule has 1 N–H and O–H groups in total. The number of carbonyl (C=O) groups excluding carboxylic acids is 1. The number of anilines is 1. The van der Waals surface area contributed by atoms with Crippen LogP contribution < -0.4 is 14.5 Å². The van der Waals surface area contributed by atoms with E-state index in [0.29, 0.717) is 5.75 Å². The van der Waals surface area contributed by atoms with E-state index in [4.69, 9.17) is 16.3 Å². The second kappa shape index (κ2) is 7.85. The first-order chi connectivity index (χ1) is 11.3. The molecule has 9 heteroatoms. The summed E-state index contributed by atoms with van der Waals surface area (Å²) in [6.07, 6.45) is 4.89. The van der Waals surface area contributed by atoms with Crippen molar-refractivity contribution in [2.45, 2.75) is 25.7 Å². The summed E-state index contributed by atoms with van der Waals surface area (Å²) in [4.78, 5) is 12.1. The Morgan fingerprint density at radius 1 is 1.38 bits per heavy atom. The van der Waals surface area contributed by atoms with Gasteiger partial charge in [0.25, 0.3) is 5.91 Å². The predicted octanol–water partition coefficient (Wildman–Crippen LogP) is 2.16. The van der Waals surface area contributed by atoms with E-state index >= 15 is 0 Å². The van der Waals surface area contributed by atoms with Crippen LogP contribution in [0.2, 0.25) is 5.02 Å². The molecule has 0 aliphatic heterocycles. The third kappa shape index (κ3) is 4.85. The number of benzene rings is 1. The number of nitrogens with one attached hydrogen (secondary N) is 1. The molecule has 2 rings (SSSR count). The second-order valence-corrected chi connectivity index (χ2v) is 7.82. The molecule has 24 heavy (non-hydrogen) atoms. The maximum atomic E-state index is 12.1. The number of halogens is 1. The summed E-state index contributed by atoms with van der Waals surface area (Å²) in [5, 5.41) is 4.31. The number of rotatable bonds is 6. The zero-order valence-corrected chi connectivity index (χ0v) is 15.2. The number of ether oxygens (including phenoxy) is 1. The number of sulfonamides is 1. The number of hydrogen-bond donors (Lipinski definition) is 1. The van der Waals surface area contributed by atoms with Gasteiger partial charge in [0, 0.05) is 5.71 Å². The number of nitrogens with zero attached hydrogens (tertiary/aromatic N) is 2. The molecule has 0 radical (unpaired) electrons. The molecule has 1 saturated carbocycles. The van der Waals surface area contributed by atoms with Crippen LogP contribution in [0.1, 0.15) is 25.7 Å². The highest BCUT2D eigenvalue weighted by Gasteiger charge is 2.22. The molecule has 7 nitrogen and oxygen atoms in total. The van der Waals surface area contributed by atoms with Crippen molar-refractivity contribution in [2.24, 2.45) is 5.10 Å². The predicted molar refractivity (Wildman–Crippen MR) is 94.2 cm³/mol. The van der Waals surface area contributed by atoms with Crippen molar-refractivity contribution in [2.75, 3.05) is 24.2 Å². The Bertz CT molecular complexity index is 741. The third-order valence-electron chi connectivity index (χ3n) is 3.63. The standard InChI is InChI=1S/C15H20ClN3O4S/c1-23-14-8-7-12(9-13(14)16)19(24(2,21)22)10-15(20)18-17-11-5-3-4-6-11/h7-9H,3-6,10H2,1-2H3,(H,18,20). The molecule has 0 bridgehead atoms. The van der Waals surface area contributed by atoms with Crippen LogP contribution in [0.15, 0.2) is 23.3 Å². The van der Waals surface area contributed by atoms with Crippen LogP contribution in [-0.2, 0) is 14.8 Å². The van der Waals surface area contributed by atoms with Crippen LogP contribution in [0, 0.1) is 0 Å². The van der Waals surface area contributed by atoms with Crippen molar-refractivity contribution in [1.29, 1.82) is 0 Å². The van der Waals surface area contributed by atoms with Crippen LogP contribution in [-0.4, -0.2) is 39.9 Å². The highest BCUT2D eigenvalue weighted by atomic mass is 35.5. The van der Waals surface area contributed by atoms with Crippen molar-refractivity contribution < 1.29 is 17.9 Å². The van der Waals surface area contributed by atoms with E-state index in [-0.39, 0.29) is 17.3 Å². The van der Waals surface area contributed by atoms with E-state index in [1.165, 1.54) is 19.2 Å². The molecule has 0 atom stereocenters. The van der Waals surface area contributed by atoms with Gasteiger partial charge in [-0.15, -0.1) is 0 Å². The van der Waals surface area contributed by atoms with Crippen LogP contribution in [0.25, 0.3) is 0 Å².